The molecule has 0 bridgehead atoms. The Balaban J connectivity index is 1.19. The molecule has 0 aliphatic carbocycles. The zero-order valence-electron chi connectivity index (χ0n) is 16.9. The second-order valence-corrected chi connectivity index (χ2v) is 8.20. The monoisotopic (exact) mass is 399 g/mol. The van der Waals surface area contributed by atoms with Gasteiger partial charge in [-0.2, -0.15) is 4.98 Å². The first-order valence-corrected chi connectivity index (χ1v) is 10.8. The van der Waals surface area contributed by atoms with Crippen LogP contribution in [0, 0.1) is 0 Å². The first kappa shape index (κ1) is 19.0. The molecular weight excluding hydrogens is 370 g/mol. The number of pyridine rings is 1. The lowest BCUT2D eigenvalue weighted by molar-refractivity contribution is -0.186. The third-order valence-electron chi connectivity index (χ3n) is 6.19. The molecule has 3 aliphatic heterocycles. The molecule has 3 saturated heterocycles. The summed E-state index contributed by atoms with van der Waals surface area (Å²) in [7, 11) is 0. The molecule has 2 aromatic rings. The maximum absolute atomic E-state index is 5.79. The molecule has 3 fully saturated rings. The number of rotatable bonds is 4. The number of likely N-dealkylation sites (tertiary alicyclic amines) is 1. The molecule has 3 aliphatic rings. The lowest BCUT2D eigenvalue weighted by atomic mass is 10.0. The maximum Gasteiger partial charge on any atom is 0.241 e. The molecule has 8 heteroatoms. The van der Waals surface area contributed by atoms with Crippen LogP contribution in [0.5, 0.6) is 0 Å². The number of piperidine rings is 1. The van der Waals surface area contributed by atoms with Gasteiger partial charge in [0.15, 0.2) is 5.79 Å². The molecule has 0 aromatic carbocycles. The summed E-state index contributed by atoms with van der Waals surface area (Å²) in [6.07, 6.45) is 8.75. The highest BCUT2D eigenvalue weighted by Gasteiger charge is 2.39. The van der Waals surface area contributed by atoms with Gasteiger partial charge in [0.1, 0.15) is 5.82 Å². The fraction of sp³-hybridized carbons (Fsp3) is 0.667. The number of hydrogen-bond acceptors (Lipinski definition) is 8. The lowest BCUT2D eigenvalue weighted by Crippen LogP contribution is -2.44. The summed E-state index contributed by atoms with van der Waals surface area (Å²) in [5.74, 6) is 1.93. The average molecular weight is 399 g/mol. The fourth-order valence-electron chi connectivity index (χ4n) is 4.47. The zero-order valence-corrected chi connectivity index (χ0v) is 16.9. The topological polar surface area (TPSA) is 76.8 Å². The quantitative estimate of drug-likeness (QED) is 0.777. The van der Waals surface area contributed by atoms with Crippen molar-refractivity contribution in [2.75, 3.05) is 44.3 Å². The van der Waals surface area contributed by atoms with E-state index in [1.165, 1.54) is 25.7 Å². The van der Waals surface area contributed by atoms with E-state index in [1.54, 1.807) is 0 Å². The molecule has 0 unspecified atom stereocenters. The minimum absolute atomic E-state index is 0.350. The third kappa shape index (κ3) is 4.29. The summed E-state index contributed by atoms with van der Waals surface area (Å²) in [5, 5.41) is 4.16. The van der Waals surface area contributed by atoms with E-state index in [0.717, 1.165) is 50.4 Å². The Labute approximate surface area is 171 Å². The fourth-order valence-corrected chi connectivity index (χ4v) is 4.47. The van der Waals surface area contributed by atoms with Gasteiger partial charge in [-0.15, -0.1) is 0 Å². The Kier molecular flexibility index (Phi) is 5.48. The van der Waals surface area contributed by atoms with Crippen LogP contribution in [0.3, 0.4) is 0 Å². The van der Waals surface area contributed by atoms with Gasteiger partial charge < -0.3 is 18.9 Å². The average Bonchev–Trinajstić information content (AvgIpc) is 3.32. The predicted molar refractivity (Wildman–Crippen MR) is 107 cm³/mol. The van der Waals surface area contributed by atoms with Gasteiger partial charge in [0.05, 0.1) is 19.8 Å². The molecule has 0 amide bonds. The molecule has 0 saturated carbocycles. The first-order chi connectivity index (χ1) is 14.3. The van der Waals surface area contributed by atoms with E-state index in [4.69, 9.17) is 14.0 Å². The Morgan fingerprint density at radius 3 is 2.38 bits per heavy atom. The van der Waals surface area contributed by atoms with Crippen molar-refractivity contribution in [3.63, 3.8) is 0 Å². The van der Waals surface area contributed by atoms with Gasteiger partial charge in [-0.25, -0.2) is 4.98 Å². The number of hydrogen-bond donors (Lipinski definition) is 0. The summed E-state index contributed by atoms with van der Waals surface area (Å²) in [5.41, 5.74) is 0.893. The number of anilines is 1. The molecule has 0 atom stereocenters. The Morgan fingerprint density at radius 1 is 0.931 bits per heavy atom. The van der Waals surface area contributed by atoms with Crippen molar-refractivity contribution >= 4 is 5.82 Å². The van der Waals surface area contributed by atoms with Gasteiger partial charge >= 0.3 is 0 Å². The summed E-state index contributed by atoms with van der Waals surface area (Å²) in [4.78, 5) is 13.9. The Hall–Kier alpha value is -2.03. The van der Waals surface area contributed by atoms with Crippen LogP contribution in [0.2, 0.25) is 0 Å². The molecule has 8 nitrogen and oxygen atoms in total. The van der Waals surface area contributed by atoms with E-state index in [1.807, 2.05) is 12.3 Å². The van der Waals surface area contributed by atoms with Gasteiger partial charge in [-0.05, 0) is 25.0 Å². The minimum atomic E-state index is -0.350. The van der Waals surface area contributed by atoms with Gasteiger partial charge in [-0.1, -0.05) is 18.0 Å². The molecule has 2 aromatic heterocycles. The van der Waals surface area contributed by atoms with Crippen molar-refractivity contribution < 1.29 is 14.0 Å². The highest BCUT2D eigenvalue weighted by Crippen LogP contribution is 2.31. The normalized spacial score (nSPS) is 22.8. The van der Waals surface area contributed by atoms with Crippen LogP contribution in [0.25, 0.3) is 11.4 Å². The minimum Gasteiger partial charge on any atom is -0.357 e. The van der Waals surface area contributed by atoms with Gasteiger partial charge in [0, 0.05) is 50.8 Å². The molecule has 0 N–H and O–H groups in total. The van der Waals surface area contributed by atoms with Gasteiger partial charge in [0.25, 0.3) is 0 Å². The number of ether oxygens (including phenoxy) is 2. The number of aromatic nitrogens is 3. The van der Waals surface area contributed by atoms with Crippen molar-refractivity contribution in [2.45, 2.75) is 50.9 Å². The van der Waals surface area contributed by atoms with Crippen molar-refractivity contribution in [2.24, 2.45) is 0 Å². The van der Waals surface area contributed by atoms with E-state index in [9.17, 15) is 0 Å². The van der Waals surface area contributed by atoms with Crippen LogP contribution in [0.1, 0.15) is 44.4 Å². The standard InChI is InChI=1S/C21H29N5O3/c1-2-4-10-26(9-3-1)18-6-5-17(15-22-18)20-23-19(29-24-20)16-25-11-7-21(8-12-25)27-13-14-28-21/h5-6,15H,1-4,7-14,16H2. The summed E-state index contributed by atoms with van der Waals surface area (Å²) >= 11 is 0. The highest BCUT2D eigenvalue weighted by molar-refractivity contribution is 5.55. The molecule has 156 valence electrons. The highest BCUT2D eigenvalue weighted by atomic mass is 16.7. The van der Waals surface area contributed by atoms with E-state index in [-0.39, 0.29) is 5.79 Å². The maximum atomic E-state index is 5.79. The van der Waals surface area contributed by atoms with E-state index in [2.05, 4.69) is 31.0 Å². The zero-order chi connectivity index (χ0) is 19.5. The third-order valence-corrected chi connectivity index (χ3v) is 6.19. The van der Waals surface area contributed by atoms with E-state index < -0.39 is 0 Å². The largest absolute Gasteiger partial charge is 0.357 e. The van der Waals surface area contributed by atoms with Crippen LogP contribution >= 0.6 is 0 Å². The summed E-state index contributed by atoms with van der Waals surface area (Å²) < 4.78 is 17.1. The first-order valence-electron chi connectivity index (χ1n) is 10.8. The van der Waals surface area contributed by atoms with Crippen molar-refractivity contribution in [1.82, 2.24) is 20.0 Å². The lowest BCUT2D eigenvalue weighted by Gasteiger charge is -2.36. The van der Waals surface area contributed by atoms with Crippen molar-refractivity contribution in [3.05, 3.63) is 24.2 Å². The molecule has 5 rings (SSSR count). The van der Waals surface area contributed by atoms with E-state index >= 15 is 0 Å². The Morgan fingerprint density at radius 2 is 1.69 bits per heavy atom. The summed E-state index contributed by atoms with van der Waals surface area (Å²) in [6.45, 7) is 6.06. The van der Waals surface area contributed by atoms with Crippen LogP contribution < -0.4 is 4.90 Å². The Bertz CT molecular complexity index is 785. The summed E-state index contributed by atoms with van der Waals surface area (Å²) in [6, 6.07) is 4.11. The van der Waals surface area contributed by atoms with E-state index in [0.29, 0.717) is 31.5 Å². The second-order valence-electron chi connectivity index (χ2n) is 8.20. The van der Waals surface area contributed by atoms with Crippen molar-refractivity contribution in [1.29, 1.82) is 0 Å². The SMILES string of the molecule is c1cc(N2CCCCCC2)ncc1-c1noc(CN2CCC3(CC2)OCCO3)n1. The van der Waals surface area contributed by atoms with Gasteiger partial charge in [-0.3, -0.25) is 4.90 Å². The second kappa shape index (κ2) is 8.38. The molecular formula is C21H29N5O3. The number of nitrogens with zero attached hydrogens (tertiary/aromatic N) is 5. The van der Waals surface area contributed by atoms with Gasteiger partial charge in [0.2, 0.25) is 11.7 Å². The van der Waals surface area contributed by atoms with Crippen LogP contribution in [-0.4, -0.2) is 65.2 Å². The van der Waals surface area contributed by atoms with Crippen molar-refractivity contribution in [3.8, 4) is 11.4 Å². The molecule has 5 heterocycles. The molecule has 29 heavy (non-hydrogen) atoms. The van der Waals surface area contributed by atoms with Crippen LogP contribution in [-0.2, 0) is 16.0 Å². The van der Waals surface area contributed by atoms with Crippen LogP contribution in [0.15, 0.2) is 22.9 Å². The molecule has 0 radical (unpaired) electrons. The molecule has 1 spiro atoms. The van der Waals surface area contributed by atoms with Crippen LogP contribution in [0.4, 0.5) is 5.82 Å². The smallest absolute Gasteiger partial charge is 0.241 e. The predicted octanol–water partition coefficient (Wildman–Crippen LogP) is 2.85.